The van der Waals surface area contributed by atoms with Gasteiger partial charge in [-0.05, 0) is 49.0 Å². The Bertz CT molecular complexity index is 1150. The molecule has 1 aromatic heterocycles. The fraction of sp³-hybridized carbons (Fsp3) is 0.304. The van der Waals surface area contributed by atoms with Gasteiger partial charge in [-0.3, -0.25) is 9.59 Å². The van der Waals surface area contributed by atoms with Crippen LogP contribution in [0.5, 0.6) is 0 Å². The zero-order valence-electron chi connectivity index (χ0n) is 16.8. The summed E-state index contributed by atoms with van der Waals surface area (Å²) in [4.78, 5) is 30.7. The largest absolute Gasteiger partial charge is 0.450 e. The Hall–Kier alpha value is -2.34. The van der Waals surface area contributed by atoms with Gasteiger partial charge in [-0.2, -0.15) is 0 Å². The molecule has 0 aliphatic carbocycles. The van der Waals surface area contributed by atoms with E-state index in [0.717, 1.165) is 18.7 Å². The lowest BCUT2D eigenvalue weighted by atomic mass is 9.98. The van der Waals surface area contributed by atoms with Gasteiger partial charge in [0.1, 0.15) is 5.58 Å². The number of hydrogen-bond acceptors (Lipinski definition) is 4. The van der Waals surface area contributed by atoms with E-state index in [4.69, 9.17) is 27.6 Å². The van der Waals surface area contributed by atoms with Crippen molar-refractivity contribution in [2.45, 2.75) is 19.9 Å². The van der Waals surface area contributed by atoms with Gasteiger partial charge in [0.05, 0.1) is 17.0 Å². The van der Waals surface area contributed by atoms with E-state index in [9.17, 15) is 9.59 Å². The molecule has 0 fully saturated rings. The first-order valence-electron chi connectivity index (χ1n) is 9.99. The fourth-order valence-electron chi connectivity index (χ4n) is 4.00. The van der Waals surface area contributed by atoms with Crippen molar-refractivity contribution >= 4 is 40.1 Å². The van der Waals surface area contributed by atoms with Crippen LogP contribution in [-0.2, 0) is 0 Å². The molecule has 5 nitrogen and oxygen atoms in total. The summed E-state index contributed by atoms with van der Waals surface area (Å²) in [5.41, 5.74) is 1.31. The monoisotopic (exact) mass is 444 g/mol. The van der Waals surface area contributed by atoms with Crippen molar-refractivity contribution in [1.82, 2.24) is 9.80 Å². The molecule has 3 aromatic rings. The van der Waals surface area contributed by atoms with Gasteiger partial charge < -0.3 is 14.2 Å². The average Bonchev–Trinajstić information content (AvgIpc) is 3.02. The zero-order chi connectivity index (χ0) is 21.4. The molecule has 0 bridgehead atoms. The third-order valence-corrected chi connectivity index (χ3v) is 6.15. The smallest absolute Gasteiger partial charge is 0.290 e. The van der Waals surface area contributed by atoms with Crippen LogP contribution >= 0.6 is 23.2 Å². The van der Waals surface area contributed by atoms with Crippen molar-refractivity contribution < 1.29 is 9.21 Å². The van der Waals surface area contributed by atoms with Gasteiger partial charge in [0, 0.05) is 23.1 Å². The quantitative estimate of drug-likeness (QED) is 0.537. The third-order valence-electron chi connectivity index (χ3n) is 5.67. The molecule has 1 aliphatic heterocycles. The number of hydrogen-bond donors (Lipinski definition) is 0. The van der Waals surface area contributed by atoms with E-state index in [2.05, 4.69) is 18.7 Å². The SMILES string of the molecule is CCN(CC)CCN1C(=O)c2oc3ccc(Cl)cc3c(=O)c2C1c1ccc(Cl)cc1. The minimum Gasteiger partial charge on any atom is -0.450 e. The van der Waals surface area contributed by atoms with Crippen LogP contribution in [0.2, 0.25) is 10.0 Å². The molecular weight excluding hydrogens is 423 g/mol. The second kappa shape index (κ2) is 8.42. The van der Waals surface area contributed by atoms with Crippen molar-refractivity contribution in [3.8, 4) is 0 Å². The molecule has 2 heterocycles. The molecule has 0 spiro atoms. The maximum absolute atomic E-state index is 13.4. The van der Waals surface area contributed by atoms with Gasteiger partial charge in [0.25, 0.3) is 5.91 Å². The van der Waals surface area contributed by atoms with E-state index in [1.54, 1.807) is 35.2 Å². The van der Waals surface area contributed by atoms with Crippen LogP contribution in [0, 0.1) is 0 Å². The minimum atomic E-state index is -0.528. The Kier molecular flexibility index (Phi) is 5.87. The molecule has 0 radical (unpaired) electrons. The number of benzene rings is 2. The van der Waals surface area contributed by atoms with Gasteiger partial charge in [-0.1, -0.05) is 49.2 Å². The maximum atomic E-state index is 13.4. The summed E-state index contributed by atoms with van der Waals surface area (Å²) in [6.07, 6.45) is 0. The van der Waals surface area contributed by atoms with Gasteiger partial charge in [-0.15, -0.1) is 0 Å². The molecule has 4 rings (SSSR count). The standard InChI is InChI=1S/C23H22Cl2N2O3/c1-3-26(4-2)11-12-27-20(14-5-7-15(24)8-6-14)19-21(28)17-13-16(25)9-10-18(17)30-22(19)23(27)29/h5-10,13,20H,3-4,11-12H2,1-2H3. The van der Waals surface area contributed by atoms with Crippen LogP contribution in [0.15, 0.2) is 51.7 Å². The number of nitrogens with zero attached hydrogens (tertiary/aromatic N) is 2. The number of carbonyl (C=O) groups excluding carboxylic acids is 1. The summed E-state index contributed by atoms with van der Waals surface area (Å²) in [7, 11) is 0. The number of fused-ring (bicyclic) bond motifs is 2. The molecule has 1 atom stereocenters. The molecule has 1 aliphatic rings. The van der Waals surface area contributed by atoms with Gasteiger partial charge in [-0.25, -0.2) is 0 Å². The van der Waals surface area contributed by atoms with Crippen molar-refractivity contribution in [2.24, 2.45) is 0 Å². The average molecular weight is 445 g/mol. The van der Waals surface area contributed by atoms with Crippen LogP contribution in [0.4, 0.5) is 0 Å². The summed E-state index contributed by atoms with van der Waals surface area (Å²) in [6.45, 7) is 7.13. The first-order valence-corrected chi connectivity index (χ1v) is 10.7. The topological polar surface area (TPSA) is 53.8 Å². The van der Waals surface area contributed by atoms with E-state index in [0.29, 0.717) is 39.7 Å². The van der Waals surface area contributed by atoms with Crippen LogP contribution < -0.4 is 5.43 Å². The third kappa shape index (κ3) is 3.62. The highest BCUT2D eigenvalue weighted by atomic mass is 35.5. The molecule has 0 saturated carbocycles. The number of amides is 1. The summed E-state index contributed by atoms with van der Waals surface area (Å²) >= 11 is 12.2. The predicted molar refractivity (Wildman–Crippen MR) is 120 cm³/mol. The Morgan fingerprint density at radius 3 is 2.33 bits per heavy atom. The summed E-state index contributed by atoms with van der Waals surface area (Å²) < 4.78 is 5.93. The lowest BCUT2D eigenvalue weighted by Gasteiger charge is -2.28. The highest BCUT2D eigenvalue weighted by molar-refractivity contribution is 6.31. The molecule has 2 aromatic carbocycles. The van der Waals surface area contributed by atoms with E-state index in [1.165, 1.54) is 0 Å². The van der Waals surface area contributed by atoms with Crippen molar-refractivity contribution in [1.29, 1.82) is 0 Å². The molecule has 1 unspecified atom stereocenters. The van der Waals surface area contributed by atoms with Crippen LogP contribution in [-0.4, -0.2) is 41.9 Å². The first kappa shape index (κ1) is 20.9. The molecule has 0 N–H and O–H groups in total. The molecule has 156 valence electrons. The number of carbonyl (C=O) groups is 1. The van der Waals surface area contributed by atoms with Crippen LogP contribution in [0.25, 0.3) is 11.0 Å². The Morgan fingerprint density at radius 1 is 1.00 bits per heavy atom. The van der Waals surface area contributed by atoms with Crippen molar-refractivity contribution in [3.63, 3.8) is 0 Å². The number of likely N-dealkylation sites (N-methyl/N-ethyl adjacent to an activating group) is 1. The predicted octanol–water partition coefficient (Wildman–Crippen LogP) is 4.99. The van der Waals surface area contributed by atoms with Crippen molar-refractivity contribution in [2.75, 3.05) is 26.2 Å². The summed E-state index contributed by atoms with van der Waals surface area (Å²) in [5.74, 6) is -0.166. The fourth-order valence-corrected chi connectivity index (χ4v) is 4.30. The summed E-state index contributed by atoms with van der Waals surface area (Å²) in [5, 5.41) is 1.41. The first-order chi connectivity index (χ1) is 14.4. The second-order valence-electron chi connectivity index (χ2n) is 7.29. The minimum absolute atomic E-state index is 0.106. The van der Waals surface area contributed by atoms with Crippen LogP contribution in [0.3, 0.4) is 0 Å². The summed E-state index contributed by atoms with van der Waals surface area (Å²) in [6, 6.07) is 11.6. The van der Waals surface area contributed by atoms with E-state index in [1.807, 2.05) is 12.1 Å². The van der Waals surface area contributed by atoms with E-state index in [-0.39, 0.29) is 17.1 Å². The Labute approximate surface area is 184 Å². The molecule has 7 heteroatoms. The highest BCUT2D eigenvalue weighted by Gasteiger charge is 2.42. The van der Waals surface area contributed by atoms with E-state index >= 15 is 0 Å². The molecule has 30 heavy (non-hydrogen) atoms. The number of rotatable bonds is 6. The molecule has 0 saturated heterocycles. The lowest BCUT2D eigenvalue weighted by Crippen LogP contribution is -2.37. The van der Waals surface area contributed by atoms with Crippen LogP contribution in [0.1, 0.15) is 41.6 Å². The molecular formula is C23H22Cl2N2O3. The van der Waals surface area contributed by atoms with E-state index < -0.39 is 6.04 Å². The second-order valence-corrected chi connectivity index (χ2v) is 8.17. The Balaban J connectivity index is 1.87. The zero-order valence-corrected chi connectivity index (χ0v) is 18.3. The lowest BCUT2D eigenvalue weighted by molar-refractivity contribution is 0.0708. The molecule has 1 amide bonds. The highest BCUT2D eigenvalue weighted by Crippen LogP contribution is 2.38. The van der Waals surface area contributed by atoms with Crippen molar-refractivity contribution in [3.05, 3.63) is 79.6 Å². The normalized spacial score (nSPS) is 16.0. The number of halogens is 2. The van der Waals surface area contributed by atoms with Gasteiger partial charge >= 0.3 is 0 Å². The maximum Gasteiger partial charge on any atom is 0.290 e. The van der Waals surface area contributed by atoms with Gasteiger partial charge in [0.2, 0.25) is 5.76 Å². The Morgan fingerprint density at radius 2 is 1.67 bits per heavy atom. The van der Waals surface area contributed by atoms with Gasteiger partial charge in [0.15, 0.2) is 5.43 Å².